The minimum Gasteiger partial charge on any atom is -0.308 e. The summed E-state index contributed by atoms with van der Waals surface area (Å²) >= 11 is 0. The predicted octanol–water partition coefficient (Wildman–Crippen LogP) is 2.90. The van der Waals surface area contributed by atoms with Crippen LogP contribution in [0.3, 0.4) is 0 Å². The van der Waals surface area contributed by atoms with Crippen molar-refractivity contribution in [2.75, 3.05) is 6.54 Å². The van der Waals surface area contributed by atoms with Crippen molar-refractivity contribution in [3.63, 3.8) is 0 Å². The summed E-state index contributed by atoms with van der Waals surface area (Å²) in [5.41, 5.74) is 1.39. The van der Waals surface area contributed by atoms with Crippen LogP contribution in [-0.2, 0) is 7.05 Å². The molecule has 1 unspecified atom stereocenters. The number of nitrogens with one attached hydrogen (secondary N) is 1. The second-order valence-corrected chi connectivity index (χ2v) is 5.14. The average Bonchev–Trinajstić information content (AvgIpc) is 2.65. The van der Waals surface area contributed by atoms with Crippen molar-refractivity contribution in [3.05, 3.63) is 18.0 Å². The molecule has 0 saturated carbocycles. The first-order valence-corrected chi connectivity index (χ1v) is 6.24. The van der Waals surface area contributed by atoms with Gasteiger partial charge in [-0.1, -0.05) is 27.7 Å². The standard InChI is InChI=1S/C13H25N3/c1-6-9-14-12(13(3,4)7-2)11-8-10-16(5)15-11/h8,10,12,14H,6-7,9H2,1-5H3. The molecule has 1 rings (SSSR count). The van der Waals surface area contributed by atoms with E-state index in [1.807, 2.05) is 17.9 Å². The number of aromatic nitrogens is 2. The zero-order valence-corrected chi connectivity index (χ0v) is 11.2. The first kappa shape index (κ1) is 13.2. The molecule has 16 heavy (non-hydrogen) atoms. The molecular formula is C13H25N3. The molecule has 0 aliphatic carbocycles. The van der Waals surface area contributed by atoms with Gasteiger partial charge in [-0.2, -0.15) is 5.10 Å². The molecule has 1 aromatic heterocycles. The highest BCUT2D eigenvalue weighted by Gasteiger charge is 2.30. The first-order valence-electron chi connectivity index (χ1n) is 6.24. The number of hydrogen-bond acceptors (Lipinski definition) is 2. The second-order valence-electron chi connectivity index (χ2n) is 5.14. The van der Waals surface area contributed by atoms with Gasteiger partial charge in [0.05, 0.1) is 11.7 Å². The third kappa shape index (κ3) is 3.08. The molecule has 92 valence electrons. The number of nitrogens with zero attached hydrogens (tertiary/aromatic N) is 2. The smallest absolute Gasteiger partial charge is 0.0799 e. The lowest BCUT2D eigenvalue weighted by molar-refractivity contribution is 0.229. The zero-order chi connectivity index (χ0) is 12.2. The van der Waals surface area contributed by atoms with Crippen LogP contribution in [0.25, 0.3) is 0 Å². The monoisotopic (exact) mass is 223 g/mol. The summed E-state index contributed by atoms with van der Waals surface area (Å²) in [4.78, 5) is 0. The van der Waals surface area contributed by atoms with Gasteiger partial charge in [0.1, 0.15) is 0 Å². The van der Waals surface area contributed by atoms with E-state index >= 15 is 0 Å². The summed E-state index contributed by atoms with van der Waals surface area (Å²) < 4.78 is 1.88. The van der Waals surface area contributed by atoms with Crippen LogP contribution in [-0.4, -0.2) is 16.3 Å². The van der Waals surface area contributed by atoms with Gasteiger partial charge in [-0.25, -0.2) is 0 Å². The highest BCUT2D eigenvalue weighted by atomic mass is 15.3. The molecule has 0 spiro atoms. The Morgan fingerprint density at radius 3 is 2.56 bits per heavy atom. The fraction of sp³-hybridized carbons (Fsp3) is 0.769. The number of hydrogen-bond donors (Lipinski definition) is 1. The van der Waals surface area contributed by atoms with Crippen LogP contribution >= 0.6 is 0 Å². The van der Waals surface area contributed by atoms with Crippen molar-refractivity contribution in [1.29, 1.82) is 0 Å². The van der Waals surface area contributed by atoms with Gasteiger partial charge in [0.15, 0.2) is 0 Å². The van der Waals surface area contributed by atoms with Gasteiger partial charge >= 0.3 is 0 Å². The molecule has 0 bridgehead atoms. The quantitative estimate of drug-likeness (QED) is 0.803. The summed E-state index contributed by atoms with van der Waals surface area (Å²) in [6.45, 7) is 10.1. The molecular weight excluding hydrogens is 198 g/mol. The van der Waals surface area contributed by atoms with Gasteiger partial charge in [0.25, 0.3) is 0 Å². The summed E-state index contributed by atoms with van der Waals surface area (Å²) in [7, 11) is 1.97. The van der Waals surface area contributed by atoms with Crippen molar-refractivity contribution < 1.29 is 0 Å². The Bertz CT molecular complexity index is 315. The summed E-state index contributed by atoms with van der Waals surface area (Å²) in [6.07, 6.45) is 4.32. The van der Waals surface area contributed by atoms with Gasteiger partial charge in [-0.05, 0) is 30.9 Å². The molecule has 0 amide bonds. The third-order valence-corrected chi connectivity index (χ3v) is 3.32. The Labute approximate surface area is 99.2 Å². The molecule has 0 radical (unpaired) electrons. The molecule has 1 N–H and O–H groups in total. The molecule has 3 nitrogen and oxygen atoms in total. The molecule has 0 aromatic carbocycles. The highest BCUT2D eigenvalue weighted by molar-refractivity contribution is 5.09. The molecule has 0 fully saturated rings. The maximum absolute atomic E-state index is 4.53. The lowest BCUT2D eigenvalue weighted by Crippen LogP contribution is -2.34. The van der Waals surface area contributed by atoms with E-state index in [0.717, 1.165) is 25.1 Å². The normalized spacial score (nSPS) is 14.1. The molecule has 1 aromatic rings. The maximum Gasteiger partial charge on any atom is 0.0799 e. The van der Waals surface area contributed by atoms with Crippen LogP contribution in [0.5, 0.6) is 0 Å². The molecule has 0 aliphatic rings. The van der Waals surface area contributed by atoms with Crippen molar-refractivity contribution in [3.8, 4) is 0 Å². The van der Waals surface area contributed by atoms with Crippen LogP contribution in [0.4, 0.5) is 0 Å². The molecule has 1 heterocycles. The Morgan fingerprint density at radius 1 is 1.44 bits per heavy atom. The highest BCUT2D eigenvalue weighted by Crippen LogP contribution is 2.35. The summed E-state index contributed by atoms with van der Waals surface area (Å²) in [5, 5.41) is 8.15. The molecule has 0 aliphatic heterocycles. The van der Waals surface area contributed by atoms with E-state index in [9.17, 15) is 0 Å². The largest absolute Gasteiger partial charge is 0.308 e. The van der Waals surface area contributed by atoms with E-state index in [-0.39, 0.29) is 5.41 Å². The lowest BCUT2D eigenvalue weighted by Gasteiger charge is -2.33. The molecule has 0 saturated heterocycles. The van der Waals surface area contributed by atoms with Crippen LogP contribution in [0.2, 0.25) is 0 Å². The van der Waals surface area contributed by atoms with Crippen molar-refractivity contribution in [2.24, 2.45) is 12.5 Å². The van der Waals surface area contributed by atoms with Gasteiger partial charge in [-0.3, -0.25) is 4.68 Å². The van der Waals surface area contributed by atoms with E-state index in [4.69, 9.17) is 0 Å². The minimum absolute atomic E-state index is 0.240. The summed E-state index contributed by atoms with van der Waals surface area (Å²) in [6, 6.07) is 2.46. The van der Waals surface area contributed by atoms with Crippen molar-refractivity contribution in [2.45, 2.75) is 46.6 Å². The van der Waals surface area contributed by atoms with E-state index < -0.39 is 0 Å². The fourth-order valence-electron chi connectivity index (χ4n) is 1.86. The maximum atomic E-state index is 4.53. The first-order chi connectivity index (χ1) is 7.51. The Balaban J connectivity index is 2.87. The number of rotatable bonds is 6. The lowest BCUT2D eigenvalue weighted by atomic mass is 9.80. The average molecular weight is 223 g/mol. The second kappa shape index (κ2) is 5.48. The Morgan fingerprint density at radius 2 is 2.12 bits per heavy atom. The van der Waals surface area contributed by atoms with Crippen LogP contribution in [0.1, 0.15) is 52.3 Å². The van der Waals surface area contributed by atoms with E-state index in [1.165, 1.54) is 0 Å². The zero-order valence-electron chi connectivity index (χ0n) is 11.2. The SMILES string of the molecule is CCCNC(c1ccn(C)n1)C(C)(C)CC. The molecule has 1 atom stereocenters. The van der Waals surface area contributed by atoms with Gasteiger partial charge in [0, 0.05) is 13.2 Å². The van der Waals surface area contributed by atoms with E-state index in [2.05, 4.69) is 44.2 Å². The Kier molecular flexibility index (Phi) is 4.54. The van der Waals surface area contributed by atoms with E-state index in [1.54, 1.807) is 0 Å². The van der Waals surface area contributed by atoms with E-state index in [0.29, 0.717) is 6.04 Å². The topological polar surface area (TPSA) is 29.9 Å². The van der Waals surface area contributed by atoms with Crippen molar-refractivity contribution >= 4 is 0 Å². The minimum atomic E-state index is 0.240. The molecule has 3 heteroatoms. The third-order valence-electron chi connectivity index (χ3n) is 3.32. The van der Waals surface area contributed by atoms with Crippen LogP contribution < -0.4 is 5.32 Å². The summed E-state index contributed by atoms with van der Waals surface area (Å²) in [5.74, 6) is 0. The van der Waals surface area contributed by atoms with Crippen LogP contribution in [0, 0.1) is 5.41 Å². The van der Waals surface area contributed by atoms with Gasteiger partial charge in [-0.15, -0.1) is 0 Å². The number of aryl methyl sites for hydroxylation is 1. The van der Waals surface area contributed by atoms with Crippen molar-refractivity contribution in [1.82, 2.24) is 15.1 Å². The Hall–Kier alpha value is -0.830. The van der Waals surface area contributed by atoms with Crippen LogP contribution in [0.15, 0.2) is 12.3 Å². The van der Waals surface area contributed by atoms with Gasteiger partial charge < -0.3 is 5.32 Å². The van der Waals surface area contributed by atoms with Gasteiger partial charge in [0.2, 0.25) is 0 Å². The fourth-order valence-corrected chi connectivity index (χ4v) is 1.86. The predicted molar refractivity (Wildman–Crippen MR) is 68.3 cm³/mol.